The van der Waals surface area contributed by atoms with Crippen molar-refractivity contribution in [3.8, 4) is 11.3 Å². The third-order valence-electron chi connectivity index (χ3n) is 6.51. The summed E-state index contributed by atoms with van der Waals surface area (Å²) in [6, 6.07) is 2.96. The zero-order valence-corrected chi connectivity index (χ0v) is 20.4. The van der Waals surface area contributed by atoms with Gasteiger partial charge in [0.05, 0.1) is 10.3 Å². The number of hydrogen-bond donors (Lipinski definition) is 1. The molecule has 5 rings (SSSR count). The van der Waals surface area contributed by atoms with Gasteiger partial charge in [0.1, 0.15) is 11.3 Å². The number of thiophene rings is 1. The number of pyridine rings is 1. The molecule has 1 saturated heterocycles. The van der Waals surface area contributed by atoms with Gasteiger partial charge >= 0.3 is 12.3 Å². The van der Waals surface area contributed by atoms with Crippen molar-refractivity contribution in [3.05, 3.63) is 35.5 Å². The maximum Gasteiger partial charge on any atom is 0.417 e. The molecule has 2 aliphatic rings. The summed E-state index contributed by atoms with van der Waals surface area (Å²) in [5.74, 6) is 1.31. The van der Waals surface area contributed by atoms with E-state index in [1.54, 1.807) is 4.90 Å². The maximum absolute atomic E-state index is 13.6. The molecule has 3 atom stereocenters. The van der Waals surface area contributed by atoms with Gasteiger partial charge in [0, 0.05) is 42.5 Å². The number of halogens is 3. The number of nitrogens with one attached hydrogen (secondary N) is 1. The summed E-state index contributed by atoms with van der Waals surface area (Å²) in [5.41, 5.74) is -1.21. The zero-order chi connectivity index (χ0) is 25.0. The van der Waals surface area contributed by atoms with Crippen molar-refractivity contribution in [2.45, 2.75) is 51.4 Å². The Bertz CT molecular complexity index is 1240. The number of carbonyl (C=O) groups excluding carboxylic acids is 1. The summed E-state index contributed by atoms with van der Waals surface area (Å²) >= 11 is 1.33. The summed E-state index contributed by atoms with van der Waals surface area (Å²) in [7, 11) is 0. The van der Waals surface area contributed by atoms with Crippen LogP contribution in [0.2, 0.25) is 0 Å². The first-order chi connectivity index (χ1) is 16.5. The molecule has 7 nitrogen and oxygen atoms in total. The first kappa shape index (κ1) is 23.8. The Hall–Kier alpha value is -2.95. The summed E-state index contributed by atoms with van der Waals surface area (Å²) < 4.78 is 46.8. The highest BCUT2D eigenvalue weighted by molar-refractivity contribution is 7.17. The predicted octanol–water partition coefficient (Wildman–Crippen LogP) is 5.83. The van der Waals surface area contributed by atoms with Crippen LogP contribution >= 0.6 is 11.3 Å². The van der Waals surface area contributed by atoms with E-state index < -0.39 is 17.3 Å². The van der Waals surface area contributed by atoms with Crippen molar-refractivity contribution >= 4 is 33.3 Å². The second-order valence-electron chi connectivity index (χ2n) is 10.2. The Morgan fingerprint density at radius 2 is 1.86 bits per heavy atom. The molecule has 3 aromatic rings. The van der Waals surface area contributed by atoms with Crippen molar-refractivity contribution in [1.29, 1.82) is 0 Å². The summed E-state index contributed by atoms with van der Waals surface area (Å²) in [5, 5.41) is 14.5. The van der Waals surface area contributed by atoms with Crippen molar-refractivity contribution in [2.24, 2.45) is 11.8 Å². The third-order valence-corrected chi connectivity index (χ3v) is 7.43. The van der Waals surface area contributed by atoms with Crippen LogP contribution in [0.3, 0.4) is 0 Å². The number of anilines is 1. The van der Waals surface area contributed by atoms with E-state index in [0.717, 1.165) is 30.5 Å². The second-order valence-corrected chi connectivity index (χ2v) is 11.1. The highest BCUT2D eigenvalue weighted by atomic mass is 32.1. The number of fused-ring (bicyclic) bond motifs is 2. The minimum absolute atomic E-state index is 0.0795. The van der Waals surface area contributed by atoms with Crippen molar-refractivity contribution in [3.63, 3.8) is 0 Å². The van der Waals surface area contributed by atoms with Crippen LogP contribution in [0.15, 0.2) is 29.9 Å². The standard InChI is InChI=1S/C24H26F3N5O2S/c1-23(2,3)34-22(33)32-11-13-8-15(9-14(13)12-32)29-21-16-5-7-35-20(16)19(30-31-21)17-10-28-6-4-18(17)24(25,26)27/h4-7,10,13-15H,8-9,11-12H2,1-3H3,(H,29,31)/t13-,14+,15?. The van der Waals surface area contributed by atoms with Crippen LogP contribution in [0.25, 0.3) is 21.3 Å². The Morgan fingerprint density at radius 1 is 1.14 bits per heavy atom. The fourth-order valence-corrected chi connectivity index (χ4v) is 5.97. The van der Waals surface area contributed by atoms with Crippen molar-refractivity contribution in [1.82, 2.24) is 20.1 Å². The lowest BCUT2D eigenvalue weighted by Gasteiger charge is -2.25. The molecule has 11 heteroatoms. The topological polar surface area (TPSA) is 80.2 Å². The smallest absolute Gasteiger partial charge is 0.417 e. The van der Waals surface area contributed by atoms with Crippen LogP contribution in [0.1, 0.15) is 39.2 Å². The number of nitrogens with zero attached hydrogens (tertiary/aromatic N) is 4. The second kappa shape index (κ2) is 8.61. The monoisotopic (exact) mass is 505 g/mol. The van der Waals surface area contributed by atoms with Gasteiger partial charge in [-0.25, -0.2) is 4.79 Å². The van der Waals surface area contributed by atoms with E-state index in [4.69, 9.17) is 4.74 Å². The van der Waals surface area contributed by atoms with E-state index in [0.29, 0.717) is 35.4 Å². The largest absolute Gasteiger partial charge is 0.444 e. The minimum Gasteiger partial charge on any atom is -0.444 e. The summed E-state index contributed by atoms with van der Waals surface area (Å²) in [6.45, 7) is 6.90. The van der Waals surface area contributed by atoms with Crippen molar-refractivity contribution < 1.29 is 22.7 Å². The number of amides is 1. The van der Waals surface area contributed by atoms with Crippen LogP contribution in [0.4, 0.5) is 23.8 Å². The molecule has 0 bridgehead atoms. The lowest BCUT2D eigenvalue weighted by Crippen LogP contribution is -2.36. The molecule has 1 unspecified atom stereocenters. The summed E-state index contributed by atoms with van der Waals surface area (Å²) in [6.07, 6.45) is -0.725. The Morgan fingerprint density at radius 3 is 2.51 bits per heavy atom. The van der Waals surface area contributed by atoms with E-state index in [-0.39, 0.29) is 23.4 Å². The minimum atomic E-state index is -4.52. The van der Waals surface area contributed by atoms with E-state index in [2.05, 4.69) is 20.5 Å². The molecule has 4 heterocycles. The first-order valence-corrected chi connectivity index (χ1v) is 12.4. The number of likely N-dealkylation sites (tertiary alicyclic amines) is 1. The van der Waals surface area contributed by atoms with E-state index >= 15 is 0 Å². The van der Waals surface area contributed by atoms with Crippen LogP contribution in [0, 0.1) is 11.8 Å². The molecule has 1 N–H and O–H groups in total. The Balaban J connectivity index is 1.32. The molecule has 35 heavy (non-hydrogen) atoms. The normalized spacial score (nSPS) is 22.5. The van der Waals surface area contributed by atoms with Crippen LogP contribution < -0.4 is 5.32 Å². The highest BCUT2D eigenvalue weighted by Gasteiger charge is 2.43. The van der Waals surface area contributed by atoms with Gasteiger partial charge < -0.3 is 15.0 Å². The Labute approximate surface area is 204 Å². The fourth-order valence-electron chi connectivity index (χ4n) is 5.08. The number of carbonyl (C=O) groups is 1. The molecule has 1 saturated carbocycles. The van der Waals surface area contributed by atoms with Crippen LogP contribution in [-0.4, -0.2) is 50.9 Å². The predicted molar refractivity (Wildman–Crippen MR) is 127 cm³/mol. The van der Waals surface area contributed by atoms with Gasteiger partial charge in [-0.15, -0.1) is 21.5 Å². The number of aromatic nitrogens is 3. The molecule has 1 aliphatic heterocycles. The highest BCUT2D eigenvalue weighted by Crippen LogP contribution is 2.42. The third kappa shape index (κ3) is 4.78. The van der Waals surface area contributed by atoms with Crippen molar-refractivity contribution in [2.75, 3.05) is 18.4 Å². The maximum atomic E-state index is 13.6. The zero-order valence-electron chi connectivity index (χ0n) is 19.6. The number of alkyl halides is 3. The van der Waals surface area contributed by atoms with Gasteiger partial charge in [-0.3, -0.25) is 4.98 Å². The van der Waals surface area contributed by atoms with Gasteiger partial charge in [-0.2, -0.15) is 13.2 Å². The van der Waals surface area contributed by atoms with Crippen LogP contribution in [-0.2, 0) is 10.9 Å². The van der Waals surface area contributed by atoms with Gasteiger partial charge in [0.15, 0.2) is 5.82 Å². The molecule has 0 aromatic carbocycles. The van der Waals surface area contributed by atoms with E-state index in [1.165, 1.54) is 17.5 Å². The summed E-state index contributed by atoms with van der Waals surface area (Å²) in [4.78, 5) is 18.1. The van der Waals surface area contributed by atoms with Gasteiger partial charge in [0.2, 0.25) is 0 Å². The van der Waals surface area contributed by atoms with Gasteiger partial charge in [0.25, 0.3) is 0 Å². The number of rotatable bonds is 3. The molecular weight excluding hydrogens is 479 g/mol. The lowest BCUT2D eigenvalue weighted by molar-refractivity contribution is -0.137. The first-order valence-electron chi connectivity index (χ1n) is 11.5. The SMILES string of the molecule is CC(C)(C)OC(=O)N1C[C@H]2CC(Nc3nnc(-c4cnccc4C(F)(F)F)c4sccc34)C[C@H]2C1. The molecule has 1 amide bonds. The number of ether oxygens (including phenoxy) is 1. The van der Waals surface area contributed by atoms with E-state index in [1.807, 2.05) is 32.2 Å². The quantitative estimate of drug-likeness (QED) is 0.483. The fraction of sp³-hybridized carbons (Fsp3) is 0.500. The molecule has 1 aliphatic carbocycles. The average Bonchev–Trinajstić information content (AvgIpc) is 3.47. The Kier molecular flexibility index (Phi) is 5.85. The average molecular weight is 506 g/mol. The van der Waals surface area contributed by atoms with Gasteiger partial charge in [-0.05, 0) is 63.0 Å². The molecular formula is C24H26F3N5O2S. The molecule has 0 radical (unpaired) electrons. The van der Waals surface area contributed by atoms with E-state index in [9.17, 15) is 18.0 Å². The molecule has 2 fully saturated rings. The molecule has 3 aromatic heterocycles. The molecule has 186 valence electrons. The lowest BCUT2D eigenvalue weighted by atomic mass is 10.0. The molecule has 0 spiro atoms. The van der Waals surface area contributed by atoms with Gasteiger partial charge in [-0.1, -0.05) is 0 Å². The van der Waals surface area contributed by atoms with Crippen LogP contribution in [0.5, 0.6) is 0 Å². The number of hydrogen-bond acceptors (Lipinski definition) is 7.